The molecule has 0 fully saturated rings. The van der Waals surface area contributed by atoms with Gasteiger partial charge in [-0.1, -0.05) is 29.3 Å². The zero-order chi connectivity index (χ0) is 19.5. The van der Waals surface area contributed by atoms with Crippen molar-refractivity contribution in [3.05, 3.63) is 46.1 Å². The molecule has 0 aliphatic heterocycles. The number of thioether (sulfide) groups is 1. The summed E-state index contributed by atoms with van der Waals surface area (Å²) in [6, 6.07) is 5.63. The van der Waals surface area contributed by atoms with Gasteiger partial charge < -0.3 is 4.74 Å². The third-order valence-electron chi connectivity index (χ3n) is 3.30. The van der Waals surface area contributed by atoms with Gasteiger partial charge in [-0.05, 0) is 32.0 Å². The van der Waals surface area contributed by atoms with Crippen LogP contribution in [0.1, 0.15) is 19.4 Å². The number of carbonyl (C=O) groups excluding carboxylic acids is 1. The summed E-state index contributed by atoms with van der Waals surface area (Å²) < 4.78 is 43.2. The van der Waals surface area contributed by atoms with E-state index in [0.29, 0.717) is 15.5 Å². The van der Waals surface area contributed by atoms with E-state index in [1.165, 1.54) is 11.8 Å². The summed E-state index contributed by atoms with van der Waals surface area (Å²) in [6.45, 7) is 3.65. The lowest BCUT2D eigenvalue weighted by molar-refractivity contribution is -0.142. The second kappa shape index (κ2) is 8.50. The van der Waals surface area contributed by atoms with Gasteiger partial charge in [-0.2, -0.15) is 13.2 Å². The first kappa shape index (κ1) is 20.9. The molecule has 1 aromatic heterocycles. The van der Waals surface area contributed by atoms with Crippen molar-refractivity contribution in [1.29, 1.82) is 0 Å². The summed E-state index contributed by atoms with van der Waals surface area (Å²) in [7, 11) is 0. The lowest BCUT2D eigenvalue weighted by Crippen LogP contribution is -2.16. The molecular formula is C17H14Cl2F3NO2S. The Labute approximate surface area is 162 Å². The number of halogens is 5. The molecule has 1 aromatic carbocycles. The molecule has 9 heteroatoms. The van der Waals surface area contributed by atoms with E-state index in [1.54, 1.807) is 32.0 Å². The van der Waals surface area contributed by atoms with Crippen LogP contribution in [0, 0.1) is 0 Å². The Bertz CT molecular complexity index is 815. The molecule has 1 heterocycles. The summed E-state index contributed by atoms with van der Waals surface area (Å²) in [4.78, 5) is 16.2. The van der Waals surface area contributed by atoms with Crippen LogP contribution in [0.25, 0.3) is 11.3 Å². The molecule has 0 spiro atoms. The molecule has 0 aliphatic rings. The predicted octanol–water partition coefficient (Wildman–Crippen LogP) is 6.12. The number of ether oxygens (including phenoxy) is 1. The highest BCUT2D eigenvalue weighted by atomic mass is 35.5. The van der Waals surface area contributed by atoms with Gasteiger partial charge in [-0.3, -0.25) is 9.78 Å². The summed E-state index contributed by atoms with van der Waals surface area (Å²) in [6.07, 6.45) is -3.80. The van der Waals surface area contributed by atoms with Crippen LogP contribution in [0.5, 0.6) is 0 Å². The number of carbonyl (C=O) groups is 1. The summed E-state index contributed by atoms with van der Waals surface area (Å²) in [5.41, 5.74) is -0.237. The highest BCUT2D eigenvalue weighted by Crippen LogP contribution is 2.37. The van der Waals surface area contributed by atoms with Crippen LogP contribution in [0.4, 0.5) is 13.2 Å². The molecule has 0 radical (unpaired) electrons. The second-order valence-corrected chi connectivity index (χ2v) is 7.41. The van der Waals surface area contributed by atoms with Gasteiger partial charge in [0, 0.05) is 16.7 Å². The minimum Gasteiger partial charge on any atom is -0.465 e. The first-order chi connectivity index (χ1) is 12.1. The van der Waals surface area contributed by atoms with E-state index in [4.69, 9.17) is 27.9 Å². The van der Waals surface area contributed by atoms with Crippen LogP contribution in [-0.2, 0) is 15.7 Å². The van der Waals surface area contributed by atoms with Crippen molar-refractivity contribution in [2.45, 2.75) is 30.2 Å². The Hall–Kier alpha value is -1.44. The van der Waals surface area contributed by atoms with E-state index in [1.807, 2.05) is 0 Å². The van der Waals surface area contributed by atoms with Crippen molar-refractivity contribution in [3.8, 4) is 11.3 Å². The first-order valence-electron chi connectivity index (χ1n) is 7.49. The number of esters is 1. The second-order valence-electron chi connectivity index (χ2n) is 5.21. The number of rotatable bonds is 5. The van der Waals surface area contributed by atoms with Crippen molar-refractivity contribution in [1.82, 2.24) is 4.98 Å². The Morgan fingerprint density at radius 2 is 1.96 bits per heavy atom. The van der Waals surface area contributed by atoms with Crippen LogP contribution < -0.4 is 0 Å². The Kier molecular flexibility index (Phi) is 6.82. The van der Waals surface area contributed by atoms with Crippen LogP contribution in [-0.4, -0.2) is 22.8 Å². The molecule has 0 bridgehead atoms. The highest BCUT2D eigenvalue weighted by Gasteiger charge is 2.31. The Balaban J connectivity index is 2.33. The van der Waals surface area contributed by atoms with Gasteiger partial charge in [0.05, 0.1) is 27.9 Å². The van der Waals surface area contributed by atoms with E-state index >= 15 is 0 Å². The molecule has 1 unspecified atom stereocenters. The number of hydrogen-bond donors (Lipinski definition) is 0. The molecule has 0 saturated heterocycles. The number of alkyl halides is 3. The molecule has 2 aromatic rings. The molecule has 0 aliphatic carbocycles. The van der Waals surface area contributed by atoms with Gasteiger partial charge in [0.25, 0.3) is 0 Å². The maximum atomic E-state index is 12.7. The van der Waals surface area contributed by atoms with Gasteiger partial charge >= 0.3 is 12.1 Å². The molecule has 1 atom stereocenters. The van der Waals surface area contributed by atoms with E-state index in [9.17, 15) is 18.0 Å². The van der Waals surface area contributed by atoms with Crippen molar-refractivity contribution in [2.75, 3.05) is 6.61 Å². The van der Waals surface area contributed by atoms with E-state index < -0.39 is 17.0 Å². The van der Waals surface area contributed by atoms with Gasteiger partial charge in [0.15, 0.2) is 0 Å². The van der Waals surface area contributed by atoms with Crippen LogP contribution in [0.2, 0.25) is 10.0 Å². The number of nitrogens with zero attached hydrogens (tertiary/aromatic N) is 1. The van der Waals surface area contributed by atoms with Gasteiger partial charge in [0.2, 0.25) is 0 Å². The van der Waals surface area contributed by atoms with E-state index in [-0.39, 0.29) is 23.3 Å². The summed E-state index contributed by atoms with van der Waals surface area (Å²) in [5, 5.41) is -0.229. The summed E-state index contributed by atoms with van der Waals surface area (Å²) >= 11 is 13.3. The molecule has 0 amide bonds. The van der Waals surface area contributed by atoms with Crippen molar-refractivity contribution in [3.63, 3.8) is 0 Å². The topological polar surface area (TPSA) is 39.2 Å². The Morgan fingerprint density at radius 3 is 2.54 bits per heavy atom. The quantitative estimate of drug-likeness (QED) is 0.428. The average Bonchev–Trinajstić information content (AvgIpc) is 2.56. The third-order valence-corrected chi connectivity index (χ3v) is 5.16. The van der Waals surface area contributed by atoms with Gasteiger partial charge in [-0.15, -0.1) is 11.8 Å². The standard InChI is InChI=1S/C17H14Cl2F3NO2S/c1-3-25-16(24)9(2)26-14-6-10(4-5-12(14)18)15-13(19)7-11(8-23-15)17(20,21)22/h4-9H,3H2,1-2H3. The average molecular weight is 424 g/mol. The molecule has 140 valence electrons. The molecule has 3 nitrogen and oxygen atoms in total. The van der Waals surface area contributed by atoms with E-state index in [0.717, 1.165) is 12.3 Å². The smallest absolute Gasteiger partial charge is 0.417 e. The van der Waals surface area contributed by atoms with Crippen LogP contribution in [0.3, 0.4) is 0 Å². The SMILES string of the molecule is CCOC(=O)C(C)Sc1cc(-c2ncc(C(F)(F)F)cc2Cl)ccc1Cl. The fraction of sp³-hybridized carbons (Fsp3) is 0.294. The minimum absolute atomic E-state index is 0.128. The molecule has 2 rings (SSSR count). The maximum Gasteiger partial charge on any atom is 0.417 e. The number of aromatic nitrogens is 1. The van der Waals surface area contributed by atoms with E-state index in [2.05, 4.69) is 4.98 Å². The Morgan fingerprint density at radius 1 is 1.27 bits per heavy atom. The van der Waals surface area contributed by atoms with Crippen molar-refractivity contribution >= 4 is 40.9 Å². The first-order valence-corrected chi connectivity index (χ1v) is 9.13. The largest absolute Gasteiger partial charge is 0.465 e. The lowest BCUT2D eigenvalue weighted by atomic mass is 10.1. The zero-order valence-corrected chi connectivity index (χ0v) is 16.1. The normalized spacial score (nSPS) is 12.7. The maximum absolute atomic E-state index is 12.7. The highest BCUT2D eigenvalue weighted by molar-refractivity contribution is 8.00. The molecular weight excluding hydrogens is 410 g/mol. The molecule has 26 heavy (non-hydrogen) atoms. The summed E-state index contributed by atoms with van der Waals surface area (Å²) in [5.74, 6) is -0.385. The van der Waals surface area contributed by atoms with Gasteiger partial charge in [-0.25, -0.2) is 0 Å². The monoisotopic (exact) mass is 423 g/mol. The number of pyridine rings is 1. The number of hydrogen-bond acceptors (Lipinski definition) is 4. The fourth-order valence-electron chi connectivity index (χ4n) is 2.04. The van der Waals surface area contributed by atoms with Crippen LogP contribution in [0.15, 0.2) is 35.4 Å². The zero-order valence-electron chi connectivity index (χ0n) is 13.7. The predicted molar refractivity (Wildman–Crippen MR) is 96.6 cm³/mol. The van der Waals surface area contributed by atoms with Gasteiger partial charge in [0.1, 0.15) is 5.25 Å². The lowest BCUT2D eigenvalue weighted by Gasteiger charge is -2.13. The number of benzene rings is 1. The molecule has 0 saturated carbocycles. The molecule has 0 N–H and O–H groups in total. The fourth-order valence-corrected chi connectivity index (χ4v) is 3.49. The third kappa shape index (κ3) is 5.05. The van der Waals surface area contributed by atoms with Crippen molar-refractivity contribution < 1.29 is 22.7 Å². The minimum atomic E-state index is -4.52. The van der Waals surface area contributed by atoms with Crippen molar-refractivity contribution in [2.24, 2.45) is 0 Å². The van der Waals surface area contributed by atoms with Crippen LogP contribution >= 0.6 is 35.0 Å².